The molecule has 0 radical (unpaired) electrons. The van der Waals surface area contributed by atoms with Gasteiger partial charge in [-0.15, -0.1) is 0 Å². The second kappa shape index (κ2) is 8.47. The summed E-state index contributed by atoms with van der Waals surface area (Å²) in [5.41, 5.74) is 1.06. The number of hydrogen-bond acceptors (Lipinski definition) is 6. The molecule has 0 aromatic heterocycles. The smallest absolute Gasteiger partial charge is 0.408 e. The van der Waals surface area contributed by atoms with Crippen LogP contribution in [0.1, 0.15) is 11.1 Å². The number of rotatable bonds is 7. The van der Waals surface area contributed by atoms with E-state index in [9.17, 15) is 29.9 Å². The van der Waals surface area contributed by atoms with E-state index in [4.69, 9.17) is 4.74 Å². The summed E-state index contributed by atoms with van der Waals surface area (Å²) in [7, 11) is 0. The molecule has 0 fully saturated rings. The van der Waals surface area contributed by atoms with E-state index in [-0.39, 0.29) is 24.5 Å². The quantitative estimate of drug-likeness (QED) is 0.508. The van der Waals surface area contributed by atoms with Crippen molar-refractivity contribution in [2.24, 2.45) is 0 Å². The van der Waals surface area contributed by atoms with Gasteiger partial charge in [-0.05, 0) is 35.4 Å². The van der Waals surface area contributed by atoms with Gasteiger partial charge in [-0.2, -0.15) is 0 Å². The van der Waals surface area contributed by atoms with Gasteiger partial charge in [0.05, 0.1) is 4.92 Å². The summed E-state index contributed by atoms with van der Waals surface area (Å²) in [6.45, 7) is -0.157. The molecule has 26 heavy (non-hydrogen) atoms. The number of phenols is 1. The van der Waals surface area contributed by atoms with Crippen LogP contribution in [0.4, 0.5) is 10.5 Å². The number of carbonyl (C=O) groups is 2. The van der Waals surface area contributed by atoms with E-state index in [1.54, 1.807) is 12.1 Å². The van der Waals surface area contributed by atoms with Crippen molar-refractivity contribution in [2.45, 2.75) is 19.1 Å². The first kappa shape index (κ1) is 18.7. The van der Waals surface area contributed by atoms with E-state index in [1.807, 2.05) is 0 Å². The zero-order valence-corrected chi connectivity index (χ0v) is 13.5. The molecule has 9 nitrogen and oxygen atoms in total. The van der Waals surface area contributed by atoms with E-state index in [0.29, 0.717) is 11.1 Å². The van der Waals surface area contributed by atoms with Gasteiger partial charge in [0.1, 0.15) is 18.4 Å². The number of nitrogens with zero attached hydrogens (tertiary/aromatic N) is 1. The fourth-order valence-corrected chi connectivity index (χ4v) is 2.11. The van der Waals surface area contributed by atoms with Crippen LogP contribution in [0.15, 0.2) is 48.5 Å². The minimum atomic E-state index is -1.23. The van der Waals surface area contributed by atoms with Gasteiger partial charge in [0.2, 0.25) is 0 Å². The van der Waals surface area contributed by atoms with Crippen LogP contribution in [0.3, 0.4) is 0 Å². The number of hydrogen-bond donors (Lipinski definition) is 3. The molecule has 0 saturated heterocycles. The highest BCUT2D eigenvalue weighted by Crippen LogP contribution is 2.13. The summed E-state index contributed by atoms with van der Waals surface area (Å²) in [5.74, 6) is -1.18. The Bertz CT molecular complexity index is 788. The molecule has 1 atom stereocenters. The van der Waals surface area contributed by atoms with Gasteiger partial charge in [0.15, 0.2) is 0 Å². The Hall–Kier alpha value is -3.62. The number of aromatic hydroxyl groups is 1. The number of phenolic OH excluding ortho intramolecular Hbond substituents is 1. The molecule has 0 spiro atoms. The summed E-state index contributed by atoms with van der Waals surface area (Å²) >= 11 is 0. The van der Waals surface area contributed by atoms with Crippen LogP contribution in [-0.2, 0) is 22.6 Å². The normalized spacial score (nSPS) is 11.4. The fourth-order valence-electron chi connectivity index (χ4n) is 2.11. The van der Waals surface area contributed by atoms with E-state index >= 15 is 0 Å². The number of carboxylic acid groups (broad SMARTS) is 1. The molecular weight excluding hydrogens is 344 g/mol. The lowest BCUT2D eigenvalue weighted by Crippen LogP contribution is -2.42. The Labute approximate surface area is 148 Å². The number of nitro groups is 1. The van der Waals surface area contributed by atoms with Gasteiger partial charge in [0, 0.05) is 18.6 Å². The van der Waals surface area contributed by atoms with Crippen LogP contribution in [0.25, 0.3) is 0 Å². The summed E-state index contributed by atoms with van der Waals surface area (Å²) in [6, 6.07) is 10.2. The van der Waals surface area contributed by atoms with Crippen molar-refractivity contribution in [1.29, 1.82) is 0 Å². The van der Waals surface area contributed by atoms with Crippen molar-refractivity contribution in [3.8, 4) is 5.75 Å². The van der Waals surface area contributed by atoms with Crippen molar-refractivity contribution in [1.82, 2.24) is 5.32 Å². The van der Waals surface area contributed by atoms with Crippen LogP contribution >= 0.6 is 0 Å². The van der Waals surface area contributed by atoms with Crippen molar-refractivity contribution < 1.29 is 29.5 Å². The number of nitrogens with one attached hydrogen (secondary N) is 1. The molecule has 0 aliphatic heterocycles. The maximum atomic E-state index is 11.8. The molecule has 0 heterocycles. The maximum Gasteiger partial charge on any atom is 0.408 e. The average Bonchev–Trinajstić information content (AvgIpc) is 2.61. The third-order valence-electron chi connectivity index (χ3n) is 3.48. The second-order valence-corrected chi connectivity index (χ2v) is 5.41. The number of aliphatic carboxylic acids is 1. The molecule has 9 heteroatoms. The summed E-state index contributed by atoms with van der Waals surface area (Å²) in [5, 5.41) is 31.3. The lowest BCUT2D eigenvalue weighted by atomic mass is 10.1. The molecule has 1 amide bonds. The predicted molar refractivity (Wildman–Crippen MR) is 89.7 cm³/mol. The SMILES string of the molecule is O=C(N[C@@H](Cc1ccc(O)cc1)C(=O)O)OCc1ccc([N+](=O)[O-])cc1. The number of alkyl carbamates (subject to hydrolysis) is 1. The molecule has 2 rings (SSSR count). The lowest BCUT2D eigenvalue weighted by molar-refractivity contribution is -0.384. The Morgan fingerprint density at radius 1 is 1.08 bits per heavy atom. The topological polar surface area (TPSA) is 139 Å². The van der Waals surface area contributed by atoms with Crippen LogP contribution in [0.2, 0.25) is 0 Å². The standard InChI is InChI=1S/C17H16N2O7/c20-14-7-3-11(4-8-14)9-15(16(21)22)18-17(23)26-10-12-1-5-13(6-2-12)19(24)25/h1-8,15,20H,9-10H2,(H,18,23)(H,21,22)/t15-/m0/s1. The van der Waals surface area contributed by atoms with Gasteiger partial charge in [-0.25, -0.2) is 9.59 Å². The Morgan fingerprint density at radius 3 is 2.19 bits per heavy atom. The predicted octanol–water partition coefficient (Wildman–Crippen LogP) is 2.22. The second-order valence-electron chi connectivity index (χ2n) is 5.41. The highest BCUT2D eigenvalue weighted by Gasteiger charge is 2.21. The summed E-state index contributed by atoms with van der Waals surface area (Å²) in [6.07, 6.45) is -0.906. The molecule has 136 valence electrons. The van der Waals surface area contributed by atoms with E-state index in [1.165, 1.54) is 36.4 Å². The number of carbonyl (C=O) groups excluding carboxylic acids is 1. The van der Waals surface area contributed by atoms with Gasteiger partial charge >= 0.3 is 12.1 Å². The number of carboxylic acids is 1. The lowest BCUT2D eigenvalue weighted by Gasteiger charge is -2.15. The minimum Gasteiger partial charge on any atom is -0.508 e. The first-order valence-corrected chi connectivity index (χ1v) is 7.52. The molecule has 0 saturated carbocycles. The van der Waals surface area contributed by atoms with Crippen LogP contribution in [0.5, 0.6) is 5.75 Å². The third-order valence-corrected chi connectivity index (χ3v) is 3.48. The molecule has 0 aliphatic carbocycles. The van der Waals surface area contributed by atoms with Crippen LogP contribution in [-0.4, -0.2) is 33.2 Å². The molecule has 3 N–H and O–H groups in total. The number of ether oxygens (including phenoxy) is 1. The first-order valence-electron chi connectivity index (χ1n) is 7.52. The number of amides is 1. The van der Waals surface area contributed by atoms with E-state index < -0.39 is 23.0 Å². The zero-order valence-electron chi connectivity index (χ0n) is 13.5. The van der Waals surface area contributed by atoms with Gasteiger partial charge < -0.3 is 20.3 Å². The van der Waals surface area contributed by atoms with Gasteiger partial charge in [-0.1, -0.05) is 12.1 Å². The van der Waals surface area contributed by atoms with Gasteiger partial charge in [-0.3, -0.25) is 10.1 Å². The van der Waals surface area contributed by atoms with Crippen molar-refractivity contribution in [3.05, 3.63) is 69.8 Å². The maximum absolute atomic E-state index is 11.8. The Kier molecular flexibility index (Phi) is 6.10. The third kappa shape index (κ3) is 5.48. The number of non-ortho nitro benzene ring substituents is 1. The van der Waals surface area contributed by atoms with Gasteiger partial charge in [0.25, 0.3) is 5.69 Å². The Morgan fingerprint density at radius 2 is 1.65 bits per heavy atom. The minimum absolute atomic E-state index is 0.0161. The van der Waals surface area contributed by atoms with Crippen molar-refractivity contribution in [3.63, 3.8) is 0 Å². The largest absolute Gasteiger partial charge is 0.508 e. The van der Waals surface area contributed by atoms with Crippen molar-refractivity contribution in [2.75, 3.05) is 0 Å². The molecule has 0 unspecified atom stereocenters. The molecule has 0 aliphatic rings. The monoisotopic (exact) mass is 360 g/mol. The molecular formula is C17H16N2O7. The number of nitro benzene ring substituents is 1. The van der Waals surface area contributed by atoms with Crippen LogP contribution in [0, 0.1) is 10.1 Å². The highest BCUT2D eigenvalue weighted by atomic mass is 16.6. The summed E-state index contributed by atoms with van der Waals surface area (Å²) < 4.78 is 4.94. The molecule has 0 bridgehead atoms. The van der Waals surface area contributed by atoms with Crippen LogP contribution < -0.4 is 5.32 Å². The fraction of sp³-hybridized carbons (Fsp3) is 0.176. The van der Waals surface area contributed by atoms with E-state index in [0.717, 1.165) is 0 Å². The average molecular weight is 360 g/mol. The number of benzene rings is 2. The molecule has 2 aromatic carbocycles. The van der Waals surface area contributed by atoms with Crippen molar-refractivity contribution >= 4 is 17.7 Å². The Balaban J connectivity index is 1.89. The zero-order chi connectivity index (χ0) is 19.1. The highest BCUT2D eigenvalue weighted by molar-refractivity contribution is 5.80. The molecule has 2 aromatic rings. The summed E-state index contributed by atoms with van der Waals surface area (Å²) in [4.78, 5) is 33.1. The van der Waals surface area contributed by atoms with E-state index in [2.05, 4.69) is 5.32 Å². The first-order chi connectivity index (χ1) is 12.3.